The van der Waals surface area contributed by atoms with Crippen molar-refractivity contribution < 1.29 is 10.2 Å². The Hall–Kier alpha value is -0.660. The summed E-state index contributed by atoms with van der Waals surface area (Å²) in [5.74, 6) is 1.26. The zero-order valence-electron chi connectivity index (χ0n) is 8.85. The average molecular weight is 258 g/mol. The molecule has 0 atom stereocenters. The van der Waals surface area contributed by atoms with Crippen LogP contribution in [-0.4, -0.2) is 34.9 Å². The number of hydrogen-bond acceptors (Lipinski definition) is 6. The maximum absolute atomic E-state index is 8.88. The zero-order valence-corrected chi connectivity index (χ0v) is 10.5. The number of rotatable bonds is 8. The fraction of sp³-hybridized carbons (Fsp3) is 0.600. The fourth-order valence-electron chi connectivity index (χ4n) is 0.775. The number of hydrogen-bond donors (Lipinski definition) is 2. The van der Waals surface area contributed by atoms with Gasteiger partial charge in [-0.15, -0.1) is 23.5 Å². The van der Waals surface area contributed by atoms with E-state index in [-0.39, 0.29) is 13.2 Å². The Morgan fingerprint density at radius 2 is 1.25 bits per heavy atom. The third kappa shape index (κ3) is 6.76. The van der Waals surface area contributed by atoms with E-state index in [0.29, 0.717) is 34.2 Å². The summed E-state index contributed by atoms with van der Waals surface area (Å²) in [6.07, 6.45) is 1.21. The maximum Gasteiger partial charge on any atom is 0.109 e. The topological polar surface area (TPSA) is 88.0 Å². The monoisotopic (exact) mass is 258 g/mol. The van der Waals surface area contributed by atoms with E-state index < -0.39 is 0 Å². The molecule has 6 heteroatoms. The summed E-state index contributed by atoms with van der Waals surface area (Å²) in [6.45, 7) is 0.177. The molecule has 88 valence electrons. The summed E-state index contributed by atoms with van der Waals surface area (Å²) in [7, 11) is 0. The molecule has 0 rings (SSSR count). The summed E-state index contributed by atoms with van der Waals surface area (Å²) in [6, 6.07) is 3.99. The number of aliphatic hydroxyl groups excluding tert-OH is 2. The predicted octanol–water partition coefficient (Wildman–Crippen LogP) is 1.48. The fourth-order valence-corrected chi connectivity index (χ4v) is 2.57. The molecule has 0 aliphatic carbocycles. The van der Waals surface area contributed by atoms with Crippen LogP contribution in [0.5, 0.6) is 0 Å². The first-order chi connectivity index (χ1) is 7.79. The smallest absolute Gasteiger partial charge is 0.109 e. The van der Waals surface area contributed by atoms with Gasteiger partial charge in [-0.3, -0.25) is 0 Å². The van der Waals surface area contributed by atoms with E-state index in [2.05, 4.69) is 0 Å². The standard InChI is InChI=1S/C10H14N2O2S2/c11-7-9(15-5-1-3-13)10(8-12)16-6-2-4-14/h13-14H,1-6H2/b10-9-. The van der Waals surface area contributed by atoms with Gasteiger partial charge in [-0.2, -0.15) is 10.5 Å². The van der Waals surface area contributed by atoms with Gasteiger partial charge < -0.3 is 10.2 Å². The number of thioether (sulfide) groups is 2. The summed E-state index contributed by atoms with van der Waals surface area (Å²) in [4.78, 5) is 0.803. The third-order valence-corrected chi connectivity index (χ3v) is 3.79. The molecule has 0 aromatic rings. The van der Waals surface area contributed by atoms with E-state index in [0.717, 1.165) is 0 Å². The van der Waals surface area contributed by atoms with Crippen molar-refractivity contribution in [1.82, 2.24) is 0 Å². The van der Waals surface area contributed by atoms with Gasteiger partial charge in [-0.25, -0.2) is 0 Å². The Bertz CT molecular complexity index is 275. The lowest BCUT2D eigenvalue weighted by molar-refractivity contribution is 0.296. The van der Waals surface area contributed by atoms with Crippen LogP contribution < -0.4 is 0 Å². The van der Waals surface area contributed by atoms with E-state index >= 15 is 0 Å². The molecule has 0 saturated heterocycles. The second-order valence-corrected chi connectivity index (χ2v) is 4.94. The minimum absolute atomic E-state index is 0.0885. The van der Waals surface area contributed by atoms with Gasteiger partial charge in [0.05, 0.1) is 0 Å². The van der Waals surface area contributed by atoms with E-state index in [4.69, 9.17) is 20.7 Å². The van der Waals surface area contributed by atoms with E-state index in [1.54, 1.807) is 0 Å². The van der Waals surface area contributed by atoms with E-state index in [1.165, 1.54) is 23.5 Å². The van der Waals surface area contributed by atoms with Crippen molar-refractivity contribution in [2.75, 3.05) is 24.7 Å². The predicted molar refractivity (Wildman–Crippen MR) is 66.6 cm³/mol. The highest BCUT2D eigenvalue weighted by Crippen LogP contribution is 2.27. The Kier molecular flexibility index (Phi) is 10.4. The Labute approximate surface area is 104 Å². The summed E-state index contributed by atoms with van der Waals surface area (Å²) >= 11 is 2.58. The Morgan fingerprint density at radius 3 is 1.50 bits per heavy atom. The molecular formula is C10H14N2O2S2. The van der Waals surface area contributed by atoms with E-state index in [1.807, 2.05) is 12.1 Å². The average Bonchev–Trinajstić information content (AvgIpc) is 2.31. The van der Waals surface area contributed by atoms with Crippen LogP contribution in [0.1, 0.15) is 12.8 Å². The van der Waals surface area contributed by atoms with Crippen molar-refractivity contribution >= 4 is 23.5 Å². The maximum atomic E-state index is 8.88. The number of aliphatic hydroxyl groups is 2. The highest BCUT2D eigenvalue weighted by atomic mass is 32.2. The van der Waals surface area contributed by atoms with Crippen molar-refractivity contribution in [3.05, 3.63) is 9.81 Å². The second kappa shape index (κ2) is 10.8. The van der Waals surface area contributed by atoms with Crippen molar-refractivity contribution in [3.8, 4) is 12.1 Å². The van der Waals surface area contributed by atoms with E-state index in [9.17, 15) is 0 Å². The first-order valence-corrected chi connectivity index (χ1v) is 6.79. The summed E-state index contributed by atoms with van der Waals surface area (Å²) < 4.78 is 0. The normalized spacial score (nSPS) is 11.5. The molecule has 0 aliphatic heterocycles. The van der Waals surface area contributed by atoms with Gasteiger partial charge in [0.1, 0.15) is 21.9 Å². The lowest BCUT2D eigenvalue weighted by Gasteiger charge is -2.02. The molecule has 0 radical (unpaired) electrons. The number of allylic oxidation sites excluding steroid dienone is 2. The van der Waals surface area contributed by atoms with Crippen LogP contribution in [0.25, 0.3) is 0 Å². The molecule has 0 fully saturated rings. The molecule has 0 bridgehead atoms. The molecule has 0 aromatic carbocycles. The minimum Gasteiger partial charge on any atom is -0.396 e. The van der Waals surface area contributed by atoms with Crippen LogP contribution in [0.4, 0.5) is 0 Å². The van der Waals surface area contributed by atoms with Crippen molar-refractivity contribution in [2.24, 2.45) is 0 Å². The van der Waals surface area contributed by atoms with Crippen LogP contribution in [0.3, 0.4) is 0 Å². The van der Waals surface area contributed by atoms with Crippen LogP contribution in [0.2, 0.25) is 0 Å². The lowest BCUT2D eigenvalue weighted by atomic mass is 10.5. The van der Waals surface area contributed by atoms with Crippen LogP contribution >= 0.6 is 23.5 Å². The SMILES string of the molecule is N#C/C(SCCCO)=C(\C#N)SCCCO. The molecule has 0 aromatic heterocycles. The van der Waals surface area contributed by atoms with Crippen LogP contribution in [0.15, 0.2) is 9.81 Å². The van der Waals surface area contributed by atoms with Crippen LogP contribution in [0, 0.1) is 22.7 Å². The van der Waals surface area contributed by atoms with Gasteiger partial charge in [0.2, 0.25) is 0 Å². The van der Waals surface area contributed by atoms with Gasteiger partial charge in [0.15, 0.2) is 0 Å². The highest BCUT2D eigenvalue weighted by Gasteiger charge is 2.07. The van der Waals surface area contributed by atoms with Gasteiger partial charge >= 0.3 is 0 Å². The Balaban J connectivity index is 4.30. The summed E-state index contributed by atoms with van der Waals surface area (Å²) in [5, 5.41) is 35.0. The minimum atomic E-state index is 0.0885. The second-order valence-electron chi connectivity index (χ2n) is 2.73. The molecule has 16 heavy (non-hydrogen) atoms. The number of nitriles is 2. The molecule has 0 heterocycles. The molecule has 0 unspecified atom stereocenters. The Morgan fingerprint density at radius 1 is 0.875 bits per heavy atom. The van der Waals surface area contributed by atoms with Gasteiger partial charge in [-0.05, 0) is 12.8 Å². The largest absolute Gasteiger partial charge is 0.396 e. The van der Waals surface area contributed by atoms with Gasteiger partial charge in [0.25, 0.3) is 0 Å². The molecular weight excluding hydrogens is 244 g/mol. The molecule has 0 saturated carbocycles. The number of nitrogens with zero attached hydrogens (tertiary/aromatic N) is 2. The van der Waals surface area contributed by atoms with Gasteiger partial charge in [-0.1, -0.05) is 0 Å². The van der Waals surface area contributed by atoms with Gasteiger partial charge in [0, 0.05) is 24.7 Å². The molecule has 0 aliphatic rings. The zero-order chi connectivity index (χ0) is 12.2. The highest BCUT2D eigenvalue weighted by molar-refractivity contribution is 8.07. The van der Waals surface area contributed by atoms with Crippen molar-refractivity contribution in [1.29, 1.82) is 10.5 Å². The van der Waals surface area contributed by atoms with Crippen molar-refractivity contribution in [2.45, 2.75) is 12.8 Å². The third-order valence-electron chi connectivity index (χ3n) is 1.51. The molecule has 0 spiro atoms. The van der Waals surface area contributed by atoms with Crippen LogP contribution in [-0.2, 0) is 0 Å². The molecule has 4 nitrogen and oxygen atoms in total. The molecule has 2 N–H and O–H groups in total. The lowest BCUT2D eigenvalue weighted by Crippen LogP contribution is -1.90. The molecule has 0 amide bonds. The van der Waals surface area contributed by atoms with Crippen molar-refractivity contribution in [3.63, 3.8) is 0 Å². The quantitative estimate of drug-likeness (QED) is 0.506. The summed E-state index contributed by atoms with van der Waals surface area (Å²) in [5.41, 5.74) is 0. The first kappa shape index (κ1) is 15.3. The first-order valence-electron chi connectivity index (χ1n) is 4.82.